The predicted octanol–water partition coefficient (Wildman–Crippen LogP) is 0.627. The summed E-state index contributed by atoms with van der Waals surface area (Å²) in [5.74, 6) is 0.647. The molecule has 0 N–H and O–H groups in total. The van der Waals surface area contributed by atoms with Crippen molar-refractivity contribution >= 4 is 6.29 Å². The van der Waals surface area contributed by atoms with Crippen LogP contribution in [0, 0.1) is 11.8 Å². The van der Waals surface area contributed by atoms with Gasteiger partial charge in [-0.15, -0.1) is 0 Å². The van der Waals surface area contributed by atoms with Gasteiger partial charge in [-0.2, -0.15) is 0 Å². The topological polar surface area (TPSA) is 35.5 Å². The first-order valence-electron chi connectivity index (χ1n) is 4.40. The van der Waals surface area contributed by atoms with Gasteiger partial charge < -0.3 is 14.3 Å². The van der Waals surface area contributed by atoms with Crippen LogP contribution in [0.2, 0.25) is 0 Å². The molecule has 2 aliphatic rings. The molecule has 3 atom stereocenters. The first-order chi connectivity index (χ1) is 5.82. The van der Waals surface area contributed by atoms with Crippen LogP contribution in [0.5, 0.6) is 0 Å². The van der Waals surface area contributed by atoms with E-state index >= 15 is 0 Å². The molecule has 0 unspecified atom stereocenters. The molecule has 0 bridgehead atoms. The molecule has 0 aromatic rings. The molecule has 1 aliphatic carbocycles. The van der Waals surface area contributed by atoms with E-state index in [1.165, 1.54) is 0 Å². The van der Waals surface area contributed by atoms with Crippen LogP contribution in [0.25, 0.3) is 0 Å². The van der Waals surface area contributed by atoms with Gasteiger partial charge in [0.15, 0.2) is 0 Å². The summed E-state index contributed by atoms with van der Waals surface area (Å²) < 4.78 is 10.8. The Kier molecular flexibility index (Phi) is 1.93. The van der Waals surface area contributed by atoms with Crippen LogP contribution in [0.3, 0.4) is 0 Å². The Morgan fingerprint density at radius 2 is 2.50 bits per heavy atom. The van der Waals surface area contributed by atoms with Crippen molar-refractivity contribution in [1.29, 1.82) is 0 Å². The molecule has 68 valence electrons. The highest BCUT2D eigenvalue weighted by Crippen LogP contribution is 2.49. The standard InChI is InChI=1S/C9H14O3/c1-11-9(2-3-12-6-9)8-4-7(8)5-10/h5,7-8H,2-4,6H2,1H3/t7-,8-,9+/m0/s1. The summed E-state index contributed by atoms with van der Waals surface area (Å²) in [4.78, 5) is 10.5. The molecular weight excluding hydrogens is 156 g/mol. The van der Waals surface area contributed by atoms with Gasteiger partial charge in [-0.3, -0.25) is 0 Å². The molecule has 0 amide bonds. The molecule has 1 saturated heterocycles. The molecule has 3 nitrogen and oxygen atoms in total. The van der Waals surface area contributed by atoms with Gasteiger partial charge in [-0.1, -0.05) is 0 Å². The van der Waals surface area contributed by atoms with E-state index < -0.39 is 0 Å². The van der Waals surface area contributed by atoms with Crippen molar-refractivity contribution in [1.82, 2.24) is 0 Å². The third-order valence-corrected chi connectivity index (χ3v) is 3.11. The van der Waals surface area contributed by atoms with Crippen molar-refractivity contribution in [3.05, 3.63) is 0 Å². The SMILES string of the molecule is CO[C@]1([C@H]2C[C@H]2C=O)CCOC1. The molecule has 12 heavy (non-hydrogen) atoms. The fraction of sp³-hybridized carbons (Fsp3) is 0.889. The monoisotopic (exact) mass is 170 g/mol. The van der Waals surface area contributed by atoms with Crippen LogP contribution in [0.1, 0.15) is 12.8 Å². The minimum Gasteiger partial charge on any atom is -0.378 e. The third kappa shape index (κ3) is 1.08. The highest BCUT2D eigenvalue weighted by molar-refractivity contribution is 5.59. The van der Waals surface area contributed by atoms with Crippen molar-refractivity contribution in [3.63, 3.8) is 0 Å². The molecule has 0 radical (unpaired) electrons. The summed E-state index contributed by atoms with van der Waals surface area (Å²) in [6, 6.07) is 0. The van der Waals surface area contributed by atoms with E-state index in [0.717, 1.165) is 25.7 Å². The lowest BCUT2D eigenvalue weighted by Gasteiger charge is -2.25. The second kappa shape index (κ2) is 2.82. The quantitative estimate of drug-likeness (QED) is 0.583. The van der Waals surface area contributed by atoms with E-state index in [0.29, 0.717) is 12.5 Å². The van der Waals surface area contributed by atoms with Crippen molar-refractivity contribution in [2.45, 2.75) is 18.4 Å². The van der Waals surface area contributed by atoms with Gasteiger partial charge in [0.25, 0.3) is 0 Å². The zero-order chi connectivity index (χ0) is 8.60. The van der Waals surface area contributed by atoms with Crippen molar-refractivity contribution in [3.8, 4) is 0 Å². The Bertz CT molecular complexity index is 184. The van der Waals surface area contributed by atoms with Gasteiger partial charge >= 0.3 is 0 Å². The first kappa shape index (κ1) is 8.20. The van der Waals surface area contributed by atoms with Crippen LogP contribution < -0.4 is 0 Å². The van der Waals surface area contributed by atoms with Crippen molar-refractivity contribution in [2.75, 3.05) is 20.3 Å². The van der Waals surface area contributed by atoms with Crippen molar-refractivity contribution < 1.29 is 14.3 Å². The molecule has 1 heterocycles. The Hall–Kier alpha value is -0.410. The fourth-order valence-corrected chi connectivity index (χ4v) is 2.14. The number of carbonyl (C=O) groups is 1. The maximum atomic E-state index is 10.5. The van der Waals surface area contributed by atoms with E-state index in [1.54, 1.807) is 7.11 Å². The van der Waals surface area contributed by atoms with E-state index in [4.69, 9.17) is 9.47 Å². The molecular formula is C9H14O3. The lowest BCUT2D eigenvalue weighted by molar-refractivity contribution is -0.110. The second-order valence-electron chi connectivity index (χ2n) is 3.71. The minimum atomic E-state index is -0.133. The molecule has 1 saturated carbocycles. The number of ether oxygens (including phenoxy) is 2. The molecule has 0 aromatic heterocycles. The Morgan fingerprint density at radius 3 is 2.92 bits per heavy atom. The summed E-state index contributed by atoms with van der Waals surface area (Å²) in [6.45, 7) is 1.44. The molecule has 0 spiro atoms. The zero-order valence-electron chi connectivity index (χ0n) is 7.29. The van der Waals surface area contributed by atoms with Crippen LogP contribution in [0.15, 0.2) is 0 Å². The average molecular weight is 170 g/mol. The van der Waals surface area contributed by atoms with Crippen LogP contribution in [-0.4, -0.2) is 32.2 Å². The molecule has 2 fully saturated rings. The molecule has 3 heteroatoms. The largest absolute Gasteiger partial charge is 0.378 e. The predicted molar refractivity (Wildman–Crippen MR) is 42.8 cm³/mol. The van der Waals surface area contributed by atoms with E-state index in [2.05, 4.69) is 0 Å². The highest BCUT2D eigenvalue weighted by Gasteiger charge is 2.54. The summed E-state index contributed by atoms with van der Waals surface area (Å²) in [6.07, 6.45) is 2.98. The molecule has 0 aromatic carbocycles. The van der Waals surface area contributed by atoms with Crippen molar-refractivity contribution in [2.24, 2.45) is 11.8 Å². The summed E-state index contributed by atoms with van der Waals surface area (Å²) in [5, 5.41) is 0. The number of rotatable bonds is 3. The summed E-state index contributed by atoms with van der Waals surface area (Å²) in [5.41, 5.74) is -0.133. The van der Waals surface area contributed by atoms with Gasteiger partial charge in [-0.05, 0) is 6.42 Å². The fourth-order valence-electron chi connectivity index (χ4n) is 2.14. The summed E-state index contributed by atoms with van der Waals surface area (Å²) in [7, 11) is 1.72. The molecule has 2 rings (SSSR count). The second-order valence-corrected chi connectivity index (χ2v) is 3.71. The van der Waals surface area contributed by atoms with Gasteiger partial charge in [0.2, 0.25) is 0 Å². The number of carbonyl (C=O) groups excluding carboxylic acids is 1. The maximum Gasteiger partial charge on any atom is 0.123 e. The lowest BCUT2D eigenvalue weighted by atomic mass is 9.95. The zero-order valence-corrected chi connectivity index (χ0v) is 7.29. The van der Waals surface area contributed by atoms with E-state index in [1.807, 2.05) is 0 Å². The van der Waals surface area contributed by atoms with Gasteiger partial charge in [0, 0.05) is 32.0 Å². The maximum absolute atomic E-state index is 10.5. The highest BCUT2D eigenvalue weighted by atomic mass is 16.5. The van der Waals surface area contributed by atoms with Gasteiger partial charge in [0.05, 0.1) is 12.2 Å². The number of aldehydes is 1. The number of hydrogen-bond donors (Lipinski definition) is 0. The smallest absolute Gasteiger partial charge is 0.123 e. The Labute approximate surface area is 72.0 Å². The van der Waals surface area contributed by atoms with Crippen LogP contribution in [-0.2, 0) is 14.3 Å². The summed E-state index contributed by atoms with van der Waals surface area (Å²) >= 11 is 0. The average Bonchev–Trinajstić information content (AvgIpc) is 2.76. The number of hydrogen-bond acceptors (Lipinski definition) is 3. The normalized spacial score (nSPS) is 46.1. The van der Waals surface area contributed by atoms with E-state index in [-0.39, 0.29) is 11.5 Å². The van der Waals surface area contributed by atoms with Crippen LogP contribution in [0.4, 0.5) is 0 Å². The van der Waals surface area contributed by atoms with E-state index in [9.17, 15) is 4.79 Å². The Balaban J connectivity index is 2.03. The third-order valence-electron chi connectivity index (χ3n) is 3.11. The Morgan fingerprint density at radius 1 is 1.67 bits per heavy atom. The molecule has 1 aliphatic heterocycles. The minimum absolute atomic E-state index is 0.133. The number of methoxy groups -OCH3 is 1. The van der Waals surface area contributed by atoms with Gasteiger partial charge in [-0.25, -0.2) is 0 Å². The van der Waals surface area contributed by atoms with Gasteiger partial charge in [0.1, 0.15) is 6.29 Å². The van der Waals surface area contributed by atoms with Crippen LogP contribution >= 0.6 is 0 Å². The first-order valence-corrected chi connectivity index (χ1v) is 4.40. The lowest BCUT2D eigenvalue weighted by Crippen LogP contribution is -2.35.